The van der Waals surface area contributed by atoms with Crippen LogP contribution in [0.5, 0.6) is 0 Å². The Morgan fingerprint density at radius 1 is 1.32 bits per heavy atom. The van der Waals surface area contributed by atoms with Gasteiger partial charge in [0.2, 0.25) is 10.0 Å². The van der Waals surface area contributed by atoms with Crippen LogP contribution in [0.25, 0.3) is 0 Å². The summed E-state index contributed by atoms with van der Waals surface area (Å²) < 4.78 is 32.8. The first-order valence-electron chi connectivity index (χ1n) is 8.38. The summed E-state index contributed by atoms with van der Waals surface area (Å²) in [5.41, 5.74) is 1.15. The molecule has 0 bridgehead atoms. The highest BCUT2D eigenvalue weighted by molar-refractivity contribution is 7.89. The van der Waals surface area contributed by atoms with E-state index in [1.807, 2.05) is 6.07 Å². The molecule has 0 aliphatic carbocycles. The van der Waals surface area contributed by atoms with Gasteiger partial charge in [0.15, 0.2) is 5.89 Å². The molecule has 0 amide bonds. The molecule has 0 atom stereocenters. The number of sulfonamides is 1. The summed E-state index contributed by atoms with van der Waals surface area (Å²) in [7, 11) is -3.60. The number of nitrogens with zero attached hydrogens (tertiary/aromatic N) is 3. The molecule has 1 aromatic carbocycles. The van der Waals surface area contributed by atoms with Crippen LogP contribution < -0.4 is 0 Å². The number of nitriles is 1. The molecule has 1 aromatic heterocycles. The van der Waals surface area contributed by atoms with Crippen molar-refractivity contribution in [3.63, 3.8) is 0 Å². The Hall–Kier alpha value is -2.17. The maximum absolute atomic E-state index is 12.8. The zero-order chi connectivity index (χ0) is 18.0. The number of fused-ring (bicyclic) bond motifs is 1. The number of hydrogen-bond acceptors (Lipinski definition) is 5. The van der Waals surface area contributed by atoms with E-state index >= 15 is 0 Å². The summed E-state index contributed by atoms with van der Waals surface area (Å²) in [6.07, 6.45) is 2.29. The van der Waals surface area contributed by atoms with Crippen molar-refractivity contribution in [1.82, 2.24) is 9.29 Å². The number of aromatic nitrogens is 1. The summed E-state index contributed by atoms with van der Waals surface area (Å²) in [5, 5.41) is 8.84. The van der Waals surface area contributed by atoms with Crippen LogP contribution in [-0.2, 0) is 29.4 Å². The van der Waals surface area contributed by atoms with Gasteiger partial charge >= 0.3 is 0 Å². The Morgan fingerprint density at radius 2 is 2.04 bits per heavy atom. The van der Waals surface area contributed by atoms with Crippen molar-refractivity contribution in [1.29, 1.82) is 5.26 Å². The normalized spacial score (nSPS) is 15.1. The van der Waals surface area contributed by atoms with Crippen molar-refractivity contribution in [2.45, 2.75) is 44.6 Å². The van der Waals surface area contributed by atoms with Gasteiger partial charge in [-0.3, -0.25) is 0 Å². The van der Waals surface area contributed by atoms with Crippen LogP contribution >= 0.6 is 0 Å². The molecular weight excluding hydrogens is 338 g/mol. The first kappa shape index (κ1) is 17.6. The molecule has 0 N–H and O–H groups in total. The molecule has 6 nitrogen and oxygen atoms in total. The molecule has 1 aliphatic heterocycles. The van der Waals surface area contributed by atoms with E-state index in [0.717, 1.165) is 18.6 Å². The van der Waals surface area contributed by atoms with E-state index in [0.29, 0.717) is 36.0 Å². The van der Waals surface area contributed by atoms with Gasteiger partial charge in [0.1, 0.15) is 5.76 Å². The van der Waals surface area contributed by atoms with Crippen molar-refractivity contribution < 1.29 is 12.8 Å². The minimum absolute atomic E-state index is 0.193. The summed E-state index contributed by atoms with van der Waals surface area (Å²) in [4.78, 5) is 4.68. The molecule has 0 saturated heterocycles. The van der Waals surface area contributed by atoms with Gasteiger partial charge in [-0.1, -0.05) is 13.8 Å². The van der Waals surface area contributed by atoms with E-state index in [4.69, 9.17) is 9.68 Å². The fourth-order valence-electron chi connectivity index (χ4n) is 2.80. The third kappa shape index (κ3) is 3.75. The smallest absolute Gasteiger partial charge is 0.243 e. The molecule has 1 aliphatic rings. The molecule has 132 valence electrons. The van der Waals surface area contributed by atoms with Crippen molar-refractivity contribution >= 4 is 10.0 Å². The van der Waals surface area contributed by atoms with Gasteiger partial charge in [0.05, 0.1) is 28.8 Å². The lowest BCUT2D eigenvalue weighted by Crippen LogP contribution is -2.35. The maximum Gasteiger partial charge on any atom is 0.243 e. The Morgan fingerprint density at radius 3 is 2.68 bits per heavy atom. The highest BCUT2D eigenvalue weighted by atomic mass is 32.2. The Bertz CT molecular complexity index is 893. The third-order valence-corrected chi connectivity index (χ3v) is 6.15. The lowest BCUT2D eigenvalue weighted by Gasteiger charge is -2.24. The number of oxazole rings is 1. The van der Waals surface area contributed by atoms with Crippen LogP contribution in [0.2, 0.25) is 0 Å². The molecule has 3 rings (SSSR count). The topological polar surface area (TPSA) is 87.2 Å². The number of hydrogen-bond donors (Lipinski definition) is 0. The molecule has 0 saturated carbocycles. The standard InChI is InChI=1S/C18H21N3O3S/c1-13(2)3-8-18-20-16-12-21(10-9-17(16)24-18)25(22,23)15-6-4-14(11-19)5-7-15/h4-7,13H,3,8-10,12H2,1-2H3. The fraction of sp³-hybridized carbons (Fsp3) is 0.444. The highest BCUT2D eigenvalue weighted by Gasteiger charge is 2.31. The van der Waals surface area contributed by atoms with E-state index in [1.54, 1.807) is 0 Å². The van der Waals surface area contributed by atoms with Crippen LogP contribution in [0.1, 0.15) is 43.2 Å². The Labute approximate surface area is 148 Å². The molecule has 25 heavy (non-hydrogen) atoms. The molecule has 0 radical (unpaired) electrons. The molecule has 0 spiro atoms. The average Bonchev–Trinajstić information content (AvgIpc) is 3.02. The maximum atomic E-state index is 12.8. The van der Waals surface area contributed by atoms with Gasteiger partial charge in [-0.2, -0.15) is 9.57 Å². The molecular formula is C18H21N3O3S. The predicted octanol–water partition coefficient (Wildman–Crippen LogP) is 2.88. The lowest BCUT2D eigenvalue weighted by molar-refractivity contribution is 0.354. The van der Waals surface area contributed by atoms with Gasteiger partial charge in [0, 0.05) is 19.4 Å². The minimum Gasteiger partial charge on any atom is -0.445 e. The van der Waals surface area contributed by atoms with E-state index in [2.05, 4.69) is 18.8 Å². The molecule has 2 heterocycles. The van der Waals surface area contributed by atoms with Gasteiger partial charge < -0.3 is 4.42 Å². The third-order valence-electron chi connectivity index (χ3n) is 4.29. The quantitative estimate of drug-likeness (QED) is 0.819. The summed E-state index contributed by atoms with van der Waals surface area (Å²) in [6, 6.07) is 7.97. The molecule has 0 unspecified atom stereocenters. The second-order valence-corrected chi connectivity index (χ2v) is 8.57. The van der Waals surface area contributed by atoms with Gasteiger partial charge in [0.25, 0.3) is 0 Å². The van der Waals surface area contributed by atoms with E-state index < -0.39 is 10.0 Å². The van der Waals surface area contributed by atoms with Crippen LogP contribution in [-0.4, -0.2) is 24.3 Å². The Kier molecular flexibility index (Phi) is 4.93. The largest absolute Gasteiger partial charge is 0.445 e. The van der Waals surface area contributed by atoms with Crippen molar-refractivity contribution in [2.75, 3.05) is 6.54 Å². The van der Waals surface area contributed by atoms with Crippen molar-refractivity contribution in [3.05, 3.63) is 47.2 Å². The number of benzene rings is 1. The highest BCUT2D eigenvalue weighted by Crippen LogP contribution is 2.26. The van der Waals surface area contributed by atoms with Gasteiger partial charge in [-0.05, 0) is 36.6 Å². The van der Waals surface area contributed by atoms with Crippen molar-refractivity contribution in [2.24, 2.45) is 5.92 Å². The zero-order valence-electron chi connectivity index (χ0n) is 14.4. The SMILES string of the molecule is CC(C)CCc1nc2c(o1)CCN(S(=O)(=O)c1ccc(C#N)cc1)C2. The van der Waals surface area contributed by atoms with Crippen LogP contribution in [0.3, 0.4) is 0 Å². The van der Waals surface area contributed by atoms with Gasteiger partial charge in [-0.25, -0.2) is 13.4 Å². The van der Waals surface area contributed by atoms with E-state index in [-0.39, 0.29) is 11.4 Å². The lowest BCUT2D eigenvalue weighted by atomic mass is 10.1. The first-order chi connectivity index (χ1) is 11.9. The van der Waals surface area contributed by atoms with Crippen LogP contribution in [0, 0.1) is 17.2 Å². The molecule has 7 heteroatoms. The molecule has 0 fully saturated rings. The second-order valence-electron chi connectivity index (χ2n) is 6.63. The van der Waals surface area contributed by atoms with Gasteiger partial charge in [-0.15, -0.1) is 0 Å². The fourth-order valence-corrected chi connectivity index (χ4v) is 4.20. The average molecular weight is 359 g/mol. The number of aryl methyl sites for hydroxylation is 1. The summed E-state index contributed by atoms with van der Waals surface area (Å²) in [5.74, 6) is 2.05. The minimum atomic E-state index is -3.60. The van der Waals surface area contributed by atoms with E-state index in [1.165, 1.54) is 28.6 Å². The van der Waals surface area contributed by atoms with E-state index in [9.17, 15) is 8.42 Å². The summed E-state index contributed by atoms with van der Waals surface area (Å²) in [6.45, 7) is 4.89. The number of rotatable bonds is 5. The zero-order valence-corrected chi connectivity index (χ0v) is 15.2. The first-order valence-corrected chi connectivity index (χ1v) is 9.82. The Balaban J connectivity index is 1.78. The monoisotopic (exact) mass is 359 g/mol. The predicted molar refractivity (Wildman–Crippen MR) is 92.1 cm³/mol. The summed E-state index contributed by atoms with van der Waals surface area (Å²) >= 11 is 0. The molecule has 2 aromatic rings. The van der Waals surface area contributed by atoms with Crippen molar-refractivity contribution in [3.8, 4) is 6.07 Å². The second kappa shape index (κ2) is 6.98. The van der Waals surface area contributed by atoms with Crippen LogP contribution in [0.15, 0.2) is 33.6 Å². The van der Waals surface area contributed by atoms with Crippen LogP contribution in [0.4, 0.5) is 0 Å².